The number of hydrogen-bond acceptors (Lipinski definition) is 5. The number of anilines is 1. The molecule has 0 spiro atoms. The van der Waals surface area contributed by atoms with Crippen LogP contribution in [-0.4, -0.2) is 40.3 Å². The molecule has 1 aliphatic heterocycles. The summed E-state index contributed by atoms with van der Waals surface area (Å²) in [6.45, 7) is 8.04. The SMILES string of the molecule is CC1CC(NC(=O)OC(C)(C)C)CCN1c1nc(C(F)F)nc2ccccc12. The summed E-state index contributed by atoms with van der Waals surface area (Å²) in [5, 5.41) is 3.65. The third-order valence-electron chi connectivity index (χ3n) is 4.66. The largest absolute Gasteiger partial charge is 0.444 e. The number of piperidine rings is 1. The third kappa shape index (κ3) is 4.66. The average Bonchev–Trinajstić information content (AvgIpc) is 2.59. The lowest BCUT2D eigenvalue weighted by Gasteiger charge is -2.39. The number of benzene rings is 1. The lowest BCUT2D eigenvalue weighted by atomic mass is 9.98. The number of alkyl carbamates (subject to hydrolysis) is 1. The maximum absolute atomic E-state index is 13.3. The number of para-hydroxylation sites is 1. The lowest BCUT2D eigenvalue weighted by molar-refractivity contribution is 0.0494. The zero-order valence-electron chi connectivity index (χ0n) is 16.6. The Bertz CT molecular complexity index is 854. The van der Waals surface area contributed by atoms with E-state index in [1.54, 1.807) is 12.1 Å². The van der Waals surface area contributed by atoms with E-state index in [1.165, 1.54) is 0 Å². The molecule has 3 rings (SSSR count). The predicted molar refractivity (Wildman–Crippen MR) is 104 cm³/mol. The standard InChI is InChI=1S/C20H26F2N4O2/c1-12-11-13(23-19(27)28-20(2,3)4)9-10-26(12)18-14-7-5-6-8-15(14)24-17(25-18)16(21)22/h5-8,12-13,16H,9-11H2,1-4H3,(H,23,27). The minimum Gasteiger partial charge on any atom is -0.444 e. The van der Waals surface area contributed by atoms with Crippen LogP contribution in [0.15, 0.2) is 24.3 Å². The van der Waals surface area contributed by atoms with Gasteiger partial charge in [-0.3, -0.25) is 0 Å². The fraction of sp³-hybridized carbons (Fsp3) is 0.550. The molecule has 1 aliphatic rings. The molecule has 2 aromatic rings. The summed E-state index contributed by atoms with van der Waals surface area (Å²) < 4.78 is 31.9. The number of rotatable bonds is 3. The minimum atomic E-state index is -2.73. The molecule has 0 bridgehead atoms. The molecule has 2 atom stereocenters. The van der Waals surface area contributed by atoms with E-state index in [1.807, 2.05) is 44.7 Å². The van der Waals surface area contributed by atoms with Gasteiger partial charge in [0.05, 0.1) is 5.52 Å². The molecule has 152 valence electrons. The van der Waals surface area contributed by atoms with Gasteiger partial charge in [-0.25, -0.2) is 23.5 Å². The first-order valence-corrected chi connectivity index (χ1v) is 9.45. The second-order valence-corrected chi connectivity index (χ2v) is 8.13. The van der Waals surface area contributed by atoms with Crippen molar-refractivity contribution in [1.29, 1.82) is 0 Å². The van der Waals surface area contributed by atoms with Crippen molar-refractivity contribution in [2.24, 2.45) is 0 Å². The van der Waals surface area contributed by atoms with E-state index < -0.39 is 23.9 Å². The topological polar surface area (TPSA) is 67.3 Å². The number of amides is 1. The van der Waals surface area contributed by atoms with E-state index >= 15 is 0 Å². The summed E-state index contributed by atoms with van der Waals surface area (Å²) in [6, 6.07) is 7.15. The predicted octanol–water partition coefficient (Wildman–Crippen LogP) is 4.45. The number of ether oxygens (including phenoxy) is 1. The van der Waals surface area contributed by atoms with Gasteiger partial charge in [0.25, 0.3) is 6.43 Å². The highest BCUT2D eigenvalue weighted by atomic mass is 19.3. The van der Waals surface area contributed by atoms with Crippen LogP contribution in [0, 0.1) is 0 Å². The number of carbonyl (C=O) groups is 1. The second kappa shape index (κ2) is 7.85. The molecule has 6 nitrogen and oxygen atoms in total. The summed E-state index contributed by atoms with van der Waals surface area (Å²) in [7, 11) is 0. The molecule has 0 aliphatic carbocycles. The molecule has 1 aromatic carbocycles. The summed E-state index contributed by atoms with van der Waals surface area (Å²) >= 11 is 0. The molecule has 2 unspecified atom stereocenters. The maximum Gasteiger partial charge on any atom is 0.407 e. The summed E-state index contributed by atoms with van der Waals surface area (Å²) in [5.41, 5.74) is -0.0499. The molecule has 1 aromatic heterocycles. The van der Waals surface area contributed by atoms with Crippen molar-refractivity contribution < 1.29 is 18.3 Å². The van der Waals surface area contributed by atoms with Gasteiger partial charge in [0, 0.05) is 24.0 Å². The van der Waals surface area contributed by atoms with Crippen molar-refractivity contribution in [2.45, 2.75) is 64.6 Å². The summed E-state index contributed by atoms with van der Waals surface area (Å²) in [6.07, 6.45) is -1.83. The van der Waals surface area contributed by atoms with Crippen molar-refractivity contribution in [2.75, 3.05) is 11.4 Å². The maximum atomic E-state index is 13.3. The van der Waals surface area contributed by atoms with Crippen molar-refractivity contribution in [3.63, 3.8) is 0 Å². The highest BCUT2D eigenvalue weighted by molar-refractivity contribution is 5.89. The molecule has 1 amide bonds. The fourth-order valence-corrected chi connectivity index (χ4v) is 3.49. The van der Waals surface area contributed by atoms with Crippen LogP contribution < -0.4 is 10.2 Å². The van der Waals surface area contributed by atoms with Gasteiger partial charge in [0.15, 0.2) is 5.82 Å². The van der Waals surface area contributed by atoms with E-state index in [0.717, 1.165) is 5.39 Å². The number of fused-ring (bicyclic) bond motifs is 1. The van der Waals surface area contributed by atoms with Gasteiger partial charge in [-0.1, -0.05) is 12.1 Å². The summed E-state index contributed by atoms with van der Waals surface area (Å²) in [4.78, 5) is 22.2. The van der Waals surface area contributed by atoms with Gasteiger partial charge >= 0.3 is 6.09 Å². The first-order valence-electron chi connectivity index (χ1n) is 9.45. The second-order valence-electron chi connectivity index (χ2n) is 8.13. The quantitative estimate of drug-likeness (QED) is 0.836. The van der Waals surface area contributed by atoms with Crippen LogP contribution >= 0.6 is 0 Å². The Morgan fingerprint density at radius 3 is 2.64 bits per heavy atom. The van der Waals surface area contributed by atoms with E-state index in [2.05, 4.69) is 15.3 Å². The van der Waals surface area contributed by atoms with Crippen LogP contribution in [0.3, 0.4) is 0 Å². The average molecular weight is 392 g/mol. The number of aromatic nitrogens is 2. The zero-order chi connectivity index (χ0) is 20.5. The number of alkyl halides is 2. The first-order chi connectivity index (χ1) is 13.1. The van der Waals surface area contributed by atoms with Gasteiger partial charge in [-0.2, -0.15) is 0 Å². The lowest BCUT2D eigenvalue weighted by Crippen LogP contribution is -2.50. The van der Waals surface area contributed by atoms with Gasteiger partial charge in [-0.15, -0.1) is 0 Å². The van der Waals surface area contributed by atoms with Crippen LogP contribution in [0.5, 0.6) is 0 Å². The Balaban J connectivity index is 1.78. The van der Waals surface area contributed by atoms with Crippen molar-refractivity contribution in [1.82, 2.24) is 15.3 Å². The van der Waals surface area contributed by atoms with Gasteiger partial charge in [-0.05, 0) is 52.7 Å². The molecule has 2 heterocycles. The van der Waals surface area contributed by atoms with E-state index in [9.17, 15) is 13.6 Å². The number of hydrogen-bond donors (Lipinski definition) is 1. The molecule has 1 saturated heterocycles. The molecular weight excluding hydrogens is 366 g/mol. The minimum absolute atomic E-state index is 0.0116. The van der Waals surface area contributed by atoms with Gasteiger partial charge < -0.3 is 15.0 Å². The molecule has 28 heavy (non-hydrogen) atoms. The normalized spacial score (nSPS) is 20.5. The fourth-order valence-electron chi connectivity index (χ4n) is 3.49. The smallest absolute Gasteiger partial charge is 0.407 e. The van der Waals surface area contributed by atoms with E-state index in [-0.39, 0.29) is 12.1 Å². The Kier molecular flexibility index (Phi) is 5.67. The van der Waals surface area contributed by atoms with Crippen molar-refractivity contribution in [3.05, 3.63) is 30.1 Å². The number of nitrogens with one attached hydrogen (secondary N) is 1. The van der Waals surface area contributed by atoms with Crippen molar-refractivity contribution in [3.8, 4) is 0 Å². The number of halogens is 2. The van der Waals surface area contributed by atoms with E-state index in [0.29, 0.717) is 30.7 Å². The Labute approximate surface area is 163 Å². The van der Waals surface area contributed by atoms with E-state index in [4.69, 9.17) is 4.74 Å². The van der Waals surface area contributed by atoms with Crippen LogP contribution in [0.4, 0.5) is 19.4 Å². The Morgan fingerprint density at radius 1 is 1.29 bits per heavy atom. The molecule has 0 radical (unpaired) electrons. The van der Waals surface area contributed by atoms with Crippen LogP contribution in [0.1, 0.15) is 52.8 Å². The molecule has 1 fully saturated rings. The van der Waals surface area contributed by atoms with Gasteiger partial charge in [0.2, 0.25) is 0 Å². The summed E-state index contributed by atoms with van der Waals surface area (Å²) in [5.74, 6) is 0.0546. The highest BCUT2D eigenvalue weighted by Crippen LogP contribution is 2.31. The molecular formula is C20H26F2N4O2. The monoisotopic (exact) mass is 392 g/mol. The van der Waals surface area contributed by atoms with Gasteiger partial charge in [0.1, 0.15) is 11.4 Å². The third-order valence-corrected chi connectivity index (χ3v) is 4.66. The highest BCUT2D eigenvalue weighted by Gasteiger charge is 2.30. The Morgan fingerprint density at radius 2 is 2.00 bits per heavy atom. The number of nitrogens with zero attached hydrogens (tertiary/aromatic N) is 3. The molecule has 8 heteroatoms. The van der Waals surface area contributed by atoms with Crippen LogP contribution in [0.2, 0.25) is 0 Å². The Hall–Kier alpha value is -2.51. The van der Waals surface area contributed by atoms with Crippen LogP contribution in [-0.2, 0) is 4.74 Å². The first kappa shape index (κ1) is 20.2. The van der Waals surface area contributed by atoms with Crippen molar-refractivity contribution >= 4 is 22.8 Å². The zero-order valence-corrected chi connectivity index (χ0v) is 16.6. The molecule has 1 N–H and O–H groups in total. The van der Waals surface area contributed by atoms with Crippen LogP contribution in [0.25, 0.3) is 10.9 Å². The molecule has 0 saturated carbocycles. The number of carbonyl (C=O) groups excluding carboxylic acids is 1.